The summed E-state index contributed by atoms with van der Waals surface area (Å²) >= 11 is 0. The number of aromatic hydroxyl groups is 1. The molecule has 0 saturated heterocycles. The van der Waals surface area contributed by atoms with Crippen LogP contribution in [-0.4, -0.2) is 22.1 Å². The first-order valence-electron chi connectivity index (χ1n) is 6.12. The number of aryl methyl sites for hydroxylation is 1. The quantitative estimate of drug-likeness (QED) is 0.646. The molecule has 0 heterocycles. The average Bonchev–Trinajstić information content (AvgIpc) is 2.41. The van der Waals surface area contributed by atoms with E-state index in [-0.39, 0.29) is 11.5 Å². The van der Waals surface area contributed by atoms with Crippen LogP contribution in [0.2, 0.25) is 0 Å². The number of nitrogens with two attached hydrogens (primary N) is 1. The molecule has 0 spiro atoms. The van der Waals surface area contributed by atoms with Crippen LogP contribution in [0.1, 0.15) is 26.3 Å². The zero-order chi connectivity index (χ0) is 15.6. The molecule has 0 saturated carbocycles. The lowest BCUT2D eigenvalue weighted by Crippen LogP contribution is -2.12. The molecule has 2 rings (SSSR count). The van der Waals surface area contributed by atoms with Gasteiger partial charge in [-0.3, -0.25) is 4.79 Å². The van der Waals surface area contributed by atoms with Crippen LogP contribution >= 0.6 is 0 Å². The number of nitrogens with one attached hydrogen (secondary N) is 1. The van der Waals surface area contributed by atoms with Crippen LogP contribution in [-0.2, 0) is 0 Å². The molecule has 1 amide bonds. The molecule has 0 atom stereocenters. The number of carbonyl (C=O) groups is 2. The molecular weight excluding hydrogens is 272 g/mol. The molecule has 0 radical (unpaired) electrons. The van der Waals surface area contributed by atoms with Gasteiger partial charge in [0.1, 0.15) is 11.3 Å². The van der Waals surface area contributed by atoms with E-state index in [2.05, 4.69) is 5.32 Å². The molecule has 0 aliphatic heterocycles. The number of carbonyl (C=O) groups excluding carboxylic acids is 1. The predicted octanol–water partition coefficient (Wildman–Crippen LogP) is 2.23. The Labute approximate surface area is 120 Å². The van der Waals surface area contributed by atoms with E-state index in [0.29, 0.717) is 16.9 Å². The first-order chi connectivity index (χ1) is 9.88. The normalized spacial score (nSPS) is 10.1. The fraction of sp³-hybridized carbons (Fsp3) is 0.0667. The third-order valence-corrected chi connectivity index (χ3v) is 3.02. The average molecular weight is 286 g/mol. The van der Waals surface area contributed by atoms with Crippen LogP contribution in [0.4, 0.5) is 11.4 Å². The van der Waals surface area contributed by atoms with Crippen molar-refractivity contribution in [2.75, 3.05) is 11.1 Å². The Kier molecular flexibility index (Phi) is 3.80. The minimum absolute atomic E-state index is 0.226. The van der Waals surface area contributed by atoms with E-state index in [1.807, 2.05) is 0 Å². The second-order valence-corrected chi connectivity index (χ2v) is 4.56. The van der Waals surface area contributed by atoms with Gasteiger partial charge in [0.15, 0.2) is 0 Å². The minimum atomic E-state index is -1.24. The lowest BCUT2D eigenvalue weighted by Gasteiger charge is -2.08. The van der Waals surface area contributed by atoms with E-state index in [1.54, 1.807) is 25.1 Å². The Morgan fingerprint density at radius 3 is 2.43 bits per heavy atom. The van der Waals surface area contributed by atoms with Crippen LogP contribution in [0.5, 0.6) is 5.75 Å². The Morgan fingerprint density at radius 2 is 1.86 bits per heavy atom. The number of anilines is 2. The lowest BCUT2D eigenvalue weighted by atomic mass is 10.1. The Hall–Kier alpha value is -3.02. The van der Waals surface area contributed by atoms with Crippen molar-refractivity contribution in [1.29, 1.82) is 0 Å². The van der Waals surface area contributed by atoms with Gasteiger partial charge in [-0.2, -0.15) is 0 Å². The van der Waals surface area contributed by atoms with Gasteiger partial charge < -0.3 is 21.3 Å². The molecule has 0 aliphatic carbocycles. The van der Waals surface area contributed by atoms with E-state index < -0.39 is 11.7 Å². The van der Waals surface area contributed by atoms with Crippen molar-refractivity contribution in [3.8, 4) is 5.75 Å². The van der Waals surface area contributed by atoms with E-state index >= 15 is 0 Å². The van der Waals surface area contributed by atoms with Crippen LogP contribution in [0, 0.1) is 6.92 Å². The summed E-state index contributed by atoms with van der Waals surface area (Å²) in [5, 5.41) is 21.0. The summed E-state index contributed by atoms with van der Waals surface area (Å²) in [7, 11) is 0. The number of amides is 1. The fourth-order valence-corrected chi connectivity index (χ4v) is 1.81. The Balaban J connectivity index is 2.21. The lowest BCUT2D eigenvalue weighted by molar-refractivity contribution is 0.0693. The highest BCUT2D eigenvalue weighted by atomic mass is 16.4. The third kappa shape index (κ3) is 3.11. The zero-order valence-corrected chi connectivity index (χ0v) is 11.3. The van der Waals surface area contributed by atoms with E-state index in [4.69, 9.17) is 10.8 Å². The molecule has 5 N–H and O–H groups in total. The van der Waals surface area contributed by atoms with Gasteiger partial charge in [-0.15, -0.1) is 0 Å². The van der Waals surface area contributed by atoms with Crippen LogP contribution in [0.15, 0.2) is 36.4 Å². The van der Waals surface area contributed by atoms with Gasteiger partial charge in [-0.05, 0) is 42.8 Å². The fourth-order valence-electron chi connectivity index (χ4n) is 1.81. The number of hydrogen-bond donors (Lipinski definition) is 4. The number of rotatable bonds is 3. The third-order valence-electron chi connectivity index (χ3n) is 3.02. The van der Waals surface area contributed by atoms with Gasteiger partial charge in [-0.1, -0.05) is 0 Å². The number of nitrogen functional groups attached to an aromatic ring is 1. The molecule has 6 heteroatoms. The zero-order valence-electron chi connectivity index (χ0n) is 11.3. The highest BCUT2D eigenvalue weighted by Gasteiger charge is 2.12. The van der Waals surface area contributed by atoms with Crippen LogP contribution in [0.25, 0.3) is 0 Å². The number of aromatic carboxylic acids is 1. The summed E-state index contributed by atoms with van der Waals surface area (Å²) in [6.07, 6.45) is 0. The smallest absolute Gasteiger partial charge is 0.339 e. The SMILES string of the molecule is Cc1cc(C(=O)Nc2ccc(C(=O)O)c(O)c2)ccc1N. The van der Waals surface area contributed by atoms with Gasteiger partial charge >= 0.3 is 5.97 Å². The number of benzene rings is 2. The highest BCUT2D eigenvalue weighted by molar-refractivity contribution is 6.05. The molecule has 0 bridgehead atoms. The summed E-state index contributed by atoms with van der Waals surface area (Å²) in [6, 6.07) is 8.69. The van der Waals surface area contributed by atoms with Crippen molar-refractivity contribution in [3.63, 3.8) is 0 Å². The minimum Gasteiger partial charge on any atom is -0.507 e. The summed E-state index contributed by atoms with van der Waals surface area (Å²) in [5.41, 5.74) is 7.56. The monoisotopic (exact) mass is 286 g/mol. The van der Waals surface area contributed by atoms with Crippen molar-refractivity contribution >= 4 is 23.3 Å². The molecule has 0 fully saturated rings. The molecule has 2 aromatic rings. The molecule has 0 unspecified atom stereocenters. The Morgan fingerprint density at radius 1 is 1.14 bits per heavy atom. The number of hydrogen-bond acceptors (Lipinski definition) is 4. The van der Waals surface area contributed by atoms with Gasteiger partial charge in [0.05, 0.1) is 0 Å². The molecule has 0 aromatic heterocycles. The Bertz CT molecular complexity index is 726. The summed E-state index contributed by atoms with van der Waals surface area (Å²) < 4.78 is 0. The topological polar surface area (TPSA) is 113 Å². The second-order valence-electron chi connectivity index (χ2n) is 4.56. The van der Waals surface area contributed by atoms with E-state index in [9.17, 15) is 14.7 Å². The summed E-state index contributed by atoms with van der Waals surface area (Å²) in [6.45, 7) is 1.79. The maximum atomic E-state index is 12.1. The second kappa shape index (κ2) is 5.54. The van der Waals surface area contributed by atoms with Crippen LogP contribution < -0.4 is 11.1 Å². The standard InChI is InChI=1S/C15H14N2O4/c1-8-6-9(2-5-12(8)16)14(19)17-10-3-4-11(15(20)21)13(18)7-10/h2-7,18H,16H2,1H3,(H,17,19)(H,20,21). The van der Waals surface area contributed by atoms with Gasteiger partial charge in [0.25, 0.3) is 5.91 Å². The van der Waals surface area contributed by atoms with Crippen molar-refractivity contribution in [1.82, 2.24) is 0 Å². The maximum absolute atomic E-state index is 12.1. The maximum Gasteiger partial charge on any atom is 0.339 e. The van der Waals surface area contributed by atoms with Crippen molar-refractivity contribution in [3.05, 3.63) is 53.1 Å². The number of carboxylic acids is 1. The highest BCUT2D eigenvalue weighted by Crippen LogP contribution is 2.22. The van der Waals surface area contributed by atoms with Crippen molar-refractivity contribution in [2.24, 2.45) is 0 Å². The molecule has 2 aromatic carbocycles. The van der Waals surface area contributed by atoms with Gasteiger partial charge in [0, 0.05) is 23.0 Å². The molecule has 0 aliphatic rings. The van der Waals surface area contributed by atoms with E-state index in [1.165, 1.54) is 18.2 Å². The molecule has 108 valence electrons. The molecule has 6 nitrogen and oxygen atoms in total. The largest absolute Gasteiger partial charge is 0.507 e. The van der Waals surface area contributed by atoms with Crippen LogP contribution in [0.3, 0.4) is 0 Å². The van der Waals surface area contributed by atoms with Crippen molar-refractivity contribution < 1.29 is 19.8 Å². The number of carboxylic acid groups (broad SMARTS) is 1. The first-order valence-corrected chi connectivity index (χ1v) is 6.12. The molecular formula is C15H14N2O4. The van der Waals surface area contributed by atoms with Gasteiger partial charge in [0.2, 0.25) is 0 Å². The summed E-state index contributed by atoms with van der Waals surface area (Å²) in [5.74, 6) is -2.02. The molecule has 21 heavy (non-hydrogen) atoms. The number of phenols is 1. The summed E-state index contributed by atoms with van der Waals surface area (Å²) in [4.78, 5) is 22.8. The van der Waals surface area contributed by atoms with E-state index in [0.717, 1.165) is 5.56 Å². The first kappa shape index (κ1) is 14.4. The predicted molar refractivity (Wildman–Crippen MR) is 78.6 cm³/mol. The van der Waals surface area contributed by atoms with Crippen molar-refractivity contribution in [2.45, 2.75) is 6.92 Å². The van der Waals surface area contributed by atoms with Gasteiger partial charge in [-0.25, -0.2) is 4.79 Å².